The molecule has 0 aromatic heterocycles. The predicted octanol–water partition coefficient (Wildman–Crippen LogP) is 18.1. The quantitative estimate of drug-likeness (QED) is 0.144. The maximum atomic E-state index is 6.89. The standard InChI is InChI=1S/C67H45NO2/c1-4-18-46(19-5-1)49-24-14-25-50(42-49)51-26-15-29-55(43-51)67(60-33-11-10-32-59(60)65-61(67)40-41-64-66(65)70-63-35-13-12-34-62(63)69-64)54-36-38-56(39-37-54)68(57-30-16-27-52(44-57)47-20-6-2-7-21-47)58-31-17-28-53(45-58)48-22-8-3-9-23-48/h1-45H. The first-order valence-corrected chi connectivity index (χ1v) is 23.9. The van der Waals surface area contributed by atoms with Gasteiger partial charge in [-0.25, -0.2) is 0 Å². The first kappa shape index (κ1) is 41.0. The van der Waals surface area contributed by atoms with Crippen LogP contribution in [0.15, 0.2) is 273 Å². The lowest BCUT2D eigenvalue weighted by Crippen LogP contribution is -2.28. The van der Waals surface area contributed by atoms with Crippen LogP contribution in [0.2, 0.25) is 0 Å². The maximum Gasteiger partial charge on any atom is 0.178 e. The molecule has 1 aliphatic heterocycles. The van der Waals surface area contributed by atoms with Gasteiger partial charge in [-0.05, 0) is 139 Å². The zero-order valence-electron chi connectivity index (χ0n) is 38.2. The van der Waals surface area contributed by atoms with Crippen LogP contribution in [0.1, 0.15) is 22.3 Å². The summed E-state index contributed by atoms with van der Waals surface area (Å²) in [7, 11) is 0. The molecule has 70 heavy (non-hydrogen) atoms. The van der Waals surface area contributed by atoms with Crippen molar-refractivity contribution < 1.29 is 9.47 Å². The van der Waals surface area contributed by atoms with Gasteiger partial charge < -0.3 is 14.4 Å². The topological polar surface area (TPSA) is 21.7 Å². The highest BCUT2D eigenvalue weighted by Crippen LogP contribution is 2.62. The van der Waals surface area contributed by atoms with Gasteiger partial charge in [0.2, 0.25) is 0 Å². The molecule has 330 valence electrons. The Morgan fingerprint density at radius 3 is 1.36 bits per heavy atom. The summed E-state index contributed by atoms with van der Waals surface area (Å²) in [6.45, 7) is 0. The van der Waals surface area contributed by atoms with Gasteiger partial charge in [-0.3, -0.25) is 0 Å². The van der Waals surface area contributed by atoms with E-state index >= 15 is 0 Å². The molecule has 0 spiro atoms. The zero-order chi connectivity index (χ0) is 46.4. The van der Waals surface area contributed by atoms with Gasteiger partial charge in [0.25, 0.3) is 0 Å². The number of anilines is 3. The SMILES string of the molecule is c1ccc(-c2cccc(-c3cccc(C4(c5ccc(N(c6cccc(-c7ccccc7)c6)c6cccc(-c7ccccc7)c6)cc5)c5ccccc5-c5c4ccc4c5Oc5ccccc5O4)c3)c2)cc1. The Hall–Kier alpha value is -9.18. The Kier molecular flexibility index (Phi) is 10.1. The second-order valence-corrected chi connectivity index (χ2v) is 18.0. The summed E-state index contributed by atoms with van der Waals surface area (Å²) in [5.74, 6) is 2.85. The van der Waals surface area contributed by atoms with Crippen molar-refractivity contribution >= 4 is 17.1 Å². The van der Waals surface area contributed by atoms with Gasteiger partial charge in [0.05, 0.1) is 5.41 Å². The molecule has 0 saturated heterocycles. The van der Waals surface area contributed by atoms with Crippen molar-refractivity contribution in [2.45, 2.75) is 5.41 Å². The van der Waals surface area contributed by atoms with E-state index in [1.54, 1.807) is 0 Å². The molecule has 0 bridgehead atoms. The molecular weight excluding hydrogens is 851 g/mol. The minimum atomic E-state index is -0.738. The van der Waals surface area contributed by atoms with Gasteiger partial charge in [0.1, 0.15) is 0 Å². The number of hydrogen-bond acceptors (Lipinski definition) is 3. The van der Waals surface area contributed by atoms with E-state index in [0.29, 0.717) is 17.2 Å². The van der Waals surface area contributed by atoms with Gasteiger partial charge in [-0.2, -0.15) is 0 Å². The van der Waals surface area contributed by atoms with Crippen molar-refractivity contribution in [2.75, 3.05) is 4.90 Å². The molecule has 0 fully saturated rings. The molecule has 0 amide bonds. The molecule has 1 aliphatic carbocycles. The van der Waals surface area contributed by atoms with Crippen LogP contribution in [-0.4, -0.2) is 0 Å². The fraction of sp³-hybridized carbons (Fsp3) is 0.0149. The monoisotopic (exact) mass is 895 g/mol. The van der Waals surface area contributed by atoms with E-state index in [1.807, 2.05) is 24.3 Å². The smallest absolute Gasteiger partial charge is 0.178 e. The molecule has 1 atom stereocenters. The molecule has 2 aliphatic rings. The molecule has 0 N–H and O–H groups in total. The number of hydrogen-bond donors (Lipinski definition) is 0. The van der Waals surface area contributed by atoms with Crippen LogP contribution in [0.25, 0.3) is 55.6 Å². The summed E-state index contributed by atoms with van der Waals surface area (Å²) < 4.78 is 13.5. The van der Waals surface area contributed by atoms with Crippen LogP contribution in [0.3, 0.4) is 0 Å². The molecule has 0 saturated carbocycles. The van der Waals surface area contributed by atoms with Crippen LogP contribution in [-0.2, 0) is 5.41 Å². The lowest BCUT2D eigenvalue weighted by molar-refractivity contribution is 0.360. The van der Waals surface area contributed by atoms with Crippen molar-refractivity contribution in [1.29, 1.82) is 0 Å². The van der Waals surface area contributed by atoms with E-state index in [2.05, 4.69) is 254 Å². The Morgan fingerprint density at radius 2 is 0.743 bits per heavy atom. The summed E-state index contributed by atoms with van der Waals surface area (Å²) in [6, 6.07) is 98.0. The van der Waals surface area contributed by atoms with Gasteiger partial charge in [0, 0.05) is 22.6 Å². The van der Waals surface area contributed by atoms with Gasteiger partial charge in [-0.1, -0.05) is 206 Å². The summed E-state index contributed by atoms with van der Waals surface area (Å²) in [6.07, 6.45) is 0. The molecule has 0 radical (unpaired) electrons. The molecule has 11 aromatic rings. The van der Waals surface area contributed by atoms with Crippen molar-refractivity contribution in [3.05, 3.63) is 295 Å². The summed E-state index contributed by atoms with van der Waals surface area (Å²) in [5.41, 5.74) is 18.6. The third-order valence-electron chi connectivity index (χ3n) is 14.0. The number of para-hydroxylation sites is 2. The lowest BCUT2D eigenvalue weighted by Gasteiger charge is -2.35. The third kappa shape index (κ3) is 6.98. The second-order valence-electron chi connectivity index (χ2n) is 18.0. The van der Waals surface area contributed by atoms with E-state index in [0.717, 1.165) is 72.9 Å². The lowest BCUT2D eigenvalue weighted by atomic mass is 9.67. The first-order valence-electron chi connectivity index (χ1n) is 23.9. The minimum Gasteiger partial charge on any atom is -0.449 e. The molecule has 1 unspecified atom stereocenters. The molecule has 11 aromatic carbocycles. The number of nitrogens with zero attached hydrogens (tertiary/aromatic N) is 1. The van der Waals surface area contributed by atoms with Gasteiger partial charge in [-0.15, -0.1) is 0 Å². The number of fused-ring (bicyclic) bond motifs is 6. The van der Waals surface area contributed by atoms with E-state index < -0.39 is 5.41 Å². The highest BCUT2D eigenvalue weighted by atomic mass is 16.6. The van der Waals surface area contributed by atoms with Crippen molar-refractivity contribution in [3.8, 4) is 78.6 Å². The average molecular weight is 896 g/mol. The number of rotatable bonds is 9. The third-order valence-corrected chi connectivity index (χ3v) is 14.0. The van der Waals surface area contributed by atoms with Gasteiger partial charge >= 0.3 is 0 Å². The normalized spacial score (nSPS) is 14.0. The summed E-state index contributed by atoms with van der Waals surface area (Å²) in [5, 5.41) is 0. The van der Waals surface area contributed by atoms with Gasteiger partial charge in [0.15, 0.2) is 23.0 Å². The first-order chi connectivity index (χ1) is 34.7. The van der Waals surface area contributed by atoms with Crippen molar-refractivity contribution in [1.82, 2.24) is 0 Å². The Balaban J connectivity index is 1.01. The van der Waals surface area contributed by atoms with Crippen molar-refractivity contribution in [2.24, 2.45) is 0 Å². The highest BCUT2D eigenvalue weighted by Gasteiger charge is 2.48. The average Bonchev–Trinajstić information content (AvgIpc) is 3.75. The van der Waals surface area contributed by atoms with E-state index in [-0.39, 0.29) is 0 Å². The number of benzene rings is 11. The fourth-order valence-electron chi connectivity index (χ4n) is 10.8. The summed E-state index contributed by atoms with van der Waals surface area (Å²) >= 11 is 0. The predicted molar refractivity (Wildman–Crippen MR) is 287 cm³/mol. The van der Waals surface area contributed by atoms with Crippen LogP contribution in [0, 0.1) is 0 Å². The zero-order valence-corrected chi connectivity index (χ0v) is 38.2. The number of ether oxygens (including phenoxy) is 2. The van der Waals surface area contributed by atoms with E-state index in [4.69, 9.17) is 9.47 Å². The molecule has 3 heteroatoms. The van der Waals surface area contributed by atoms with Crippen LogP contribution in [0.4, 0.5) is 17.1 Å². The van der Waals surface area contributed by atoms with E-state index in [1.165, 1.54) is 27.8 Å². The maximum absolute atomic E-state index is 6.89. The highest BCUT2D eigenvalue weighted by molar-refractivity contribution is 5.93. The Morgan fingerprint density at radius 1 is 0.271 bits per heavy atom. The Labute approximate surface area is 408 Å². The van der Waals surface area contributed by atoms with Crippen LogP contribution < -0.4 is 14.4 Å². The molecular formula is C67H45NO2. The largest absolute Gasteiger partial charge is 0.449 e. The second kappa shape index (κ2) is 17.2. The molecule has 1 heterocycles. The Bertz CT molecular complexity index is 3630. The van der Waals surface area contributed by atoms with Crippen molar-refractivity contribution in [3.63, 3.8) is 0 Å². The van der Waals surface area contributed by atoms with Crippen LogP contribution >= 0.6 is 0 Å². The molecule has 13 rings (SSSR count). The summed E-state index contributed by atoms with van der Waals surface area (Å²) in [4.78, 5) is 2.38. The minimum absolute atomic E-state index is 0.704. The molecule has 3 nitrogen and oxygen atoms in total. The van der Waals surface area contributed by atoms with Crippen LogP contribution in [0.5, 0.6) is 23.0 Å². The fourth-order valence-corrected chi connectivity index (χ4v) is 10.8. The van der Waals surface area contributed by atoms with E-state index in [9.17, 15) is 0 Å².